The highest BCUT2D eigenvalue weighted by atomic mass is 79.9. The highest BCUT2D eigenvalue weighted by molar-refractivity contribution is 9.11. The van der Waals surface area contributed by atoms with Crippen molar-refractivity contribution in [3.63, 3.8) is 0 Å². The Kier molecular flexibility index (Phi) is 2.36. The van der Waals surface area contributed by atoms with Crippen molar-refractivity contribution >= 4 is 15.9 Å². The summed E-state index contributed by atoms with van der Waals surface area (Å²) in [5.41, 5.74) is 0. The Morgan fingerprint density at radius 1 is 1.75 bits per heavy atom. The van der Waals surface area contributed by atoms with Gasteiger partial charge in [0.1, 0.15) is 12.4 Å². The summed E-state index contributed by atoms with van der Waals surface area (Å²) in [6.45, 7) is 2.60. The van der Waals surface area contributed by atoms with E-state index in [9.17, 15) is 0 Å². The van der Waals surface area contributed by atoms with Gasteiger partial charge in [-0.1, -0.05) is 15.9 Å². The van der Waals surface area contributed by atoms with Crippen LogP contribution in [0.4, 0.5) is 0 Å². The van der Waals surface area contributed by atoms with Gasteiger partial charge in [-0.2, -0.15) is 0 Å². The molecule has 0 spiro atoms. The normalized spacial score (nSPS) is 25.4. The molecule has 1 rings (SSSR count). The molecule has 1 fully saturated rings. The number of ether oxygens (including phenoxy) is 1. The molecule has 0 saturated carbocycles. The zero-order valence-electron chi connectivity index (χ0n) is 4.48. The van der Waals surface area contributed by atoms with Crippen LogP contribution in [0.2, 0.25) is 0 Å². The van der Waals surface area contributed by atoms with Crippen molar-refractivity contribution in [2.45, 2.75) is 0 Å². The van der Waals surface area contributed by atoms with Gasteiger partial charge in [0.15, 0.2) is 0 Å². The van der Waals surface area contributed by atoms with Gasteiger partial charge in [-0.05, 0) is 0 Å². The molecule has 46 valence electrons. The summed E-state index contributed by atoms with van der Waals surface area (Å²) in [6.07, 6.45) is 0. The summed E-state index contributed by atoms with van der Waals surface area (Å²) < 4.78 is 5.18. The molecule has 1 aliphatic rings. The largest absolute Gasteiger partial charge is 0.495 e. The Morgan fingerprint density at radius 3 is 3.00 bits per heavy atom. The third-order valence-corrected chi connectivity index (χ3v) is 1.50. The van der Waals surface area contributed by atoms with Crippen LogP contribution in [0.25, 0.3) is 0 Å². The maximum atomic E-state index is 5.18. The van der Waals surface area contributed by atoms with Crippen molar-refractivity contribution in [3.05, 3.63) is 10.7 Å². The highest BCUT2D eigenvalue weighted by Gasteiger charge is 2.01. The highest BCUT2D eigenvalue weighted by Crippen LogP contribution is 2.01. The summed E-state index contributed by atoms with van der Waals surface area (Å²) in [7, 11) is 0. The molecule has 0 radical (unpaired) electrons. The van der Waals surface area contributed by atoms with Crippen molar-refractivity contribution in [1.82, 2.24) is 5.32 Å². The quantitative estimate of drug-likeness (QED) is 0.593. The van der Waals surface area contributed by atoms with E-state index in [0.717, 1.165) is 25.5 Å². The molecule has 0 atom stereocenters. The summed E-state index contributed by atoms with van der Waals surface area (Å²) in [4.78, 5) is 1.80. The molecular formula is C5H8BrNO. The Morgan fingerprint density at radius 2 is 2.62 bits per heavy atom. The minimum atomic E-state index is 0.789. The van der Waals surface area contributed by atoms with Crippen molar-refractivity contribution in [1.29, 1.82) is 0 Å². The van der Waals surface area contributed by atoms with E-state index >= 15 is 0 Å². The van der Waals surface area contributed by atoms with Gasteiger partial charge in [0, 0.05) is 11.5 Å². The van der Waals surface area contributed by atoms with Crippen molar-refractivity contribution in [2.75, 3.05) is 19.7 Å². The first-order chi connectivity index (χ1) is 3.93. The van der Waals surface area contributed by atoms with E-state index in [4.69, 9.17) is 4.74 Å². The van der Waals surface area contributed by atoms with Gasteiger partial charge >= 0.3 is 0 Å². The maximum Gasteiger partial charge on any atom is 0.117 e. The van der Waals surface area contributed by atoms with Crippen LogP contribution in [-0.4, -0.2) is 19.7 Å². The van der Waals surface area contributed by atoms with Crippen molar-refractivity contribution < 1.29 is 4.74 Å². The first-order valence-corrected chi connectivity index (χ1v) is 3.48. The average molecular weight is 178 g/mol. The molecule has 0 aromatic rings. The van der Waals surface area contributed by atoms with Crippen LogP contribution in [0.15, 0.2) is 10.7 Å². The topological polar surface area (TPSA) is 21.3 Å². The second kappa shape index (κ2) is 3.10. The van der Waals surface area contributed by atoms with Crippen LogP contribution < -0.4 is 5.32 Å². The Bertz CT molecular complexity index is 94.6. The van der Waals surface area contributed by atoms with E-state index < -0.39 is 0 Å². The Labute approximate surface area is 57.0 Å². The summed E-state index contributed by atoms with van der Waals surface area (Å²) in [5.74, 6) is 0.983. The number of halogens is 1. The van der Waals surface area contributed by atoms with E-state index in [1.54, 1.807) is 4.99 Å². The second-order valence-corrected chi connectivity index (χ2v) is 2.06. The molecule has 8 heavy (non-hydrogen) atoms. The number of nitrogens with one attached hydrogen (secondary N) is 1. The Hall–Kier alpha value is -0.0200. The zero-order valence-corrected chi connectivity index (χ0v) is 6.07. The number of hydrogen-bond acceptors (Lipinski definition) is 2. The molecular weight excluding hydrogens is 170 g/mol. The fraction of sp³-hybridized carbons (Fsp3) is 0.600. The standard InChI is InChI=1S/C5H8BrNO/c6-3-5-4-7-1-2-8-5/h3,7H,1-2,4H2. The lowest BCUT2D eigenvalue weighted by atomic mass is 10.5. The molecule has 0 bridgehead atoms. The fourth-order valence-electron chi connectivity index (χ4n) is 0.587. The molecule has 0 amide bonds. The third kappa shape index (κ3) is 1.49. The van der Waals surface area contributed by atoms with Gasteiger partial charge in [0.05, 0.1) is 6.54 Å². The minimum absolute atomic E-state index is 0.789. The van der Waals surface area contributed by atoms with Gasteiger partial charge in [-0.25, -0.2) is 0 Å². The summed E-state index contributed by atoms with van der Waals surface area (Å²) in [5, 5.41) is 3.16. The van der Waals surface area contributed by atoms with E-state index in [0.29, 0.717) is 0 Å². The lowest BCUT2D eigenvalue weighted by Crippen LogP contribution is -2.28. The second-order valence-electron chi connectivity index (χ2n) is 1.60. The molecule has 1 N–H and O–H groups in total. The van der Waals surface area contributed by atoms with Gasteiger partial charge in [0.2, 0.25) is 0 Å². The third-order valence-electron chi connectivity index (χ3n) is 0.987. The SMILES string of the molecule is BrC=C1CNCCO1. The van der Waals surface area contributed by atoms with Gasteiger partial charge in [-0.15, -0.1) is 0 Å². The minimum Gasteiger partial charge on any atom is -0.495 e. The van der Waals surface area contributed by atoms with Gasteiger partial charge < -0.3 is 10.1 Å². The monoisotopic (exact) mass is 177 g/mol. The molecule has 3 heteroatoms. The van der Waals surface area contributed by atoms with E-state index in [-0.39, 0.29) is 0 Å². The van der Waals surface area contributed by atoms with E-state index in [2.05, 4.69) is 21.2 Å². The van der Waals surface area contributed by atoms with Crippen molar-refractivity contribution in [2.24, 2.45) is 0 Å². The predicted molar refractivity (Wildman–Crippen MR) is 35.8 cm³/mol. The number of rotatable bonds is 0. The van der Waals surface area contributed by atoms with Gasteiger partial charge in [0.25, 0.3) is 0 Å². The first-order valence-electron chi connectivity index (χ1n) is 2.56. The molecule has 0 aromatic carbocycles. The molecule has 1 aliphatic heterocycles. The van der Waals surface area contributed by atoms with Crippen LogP contribution in [0, 0.1) is 0 Å². The molecule has 0 aromatic heterocycles. The molecule has 2 nitrogen and oxygen atoms in total. The van der Waals surface area contributed by atoms with Crippen LogP contribution in [0.1, 0.15) is 0 Å². The van der Waals surface area contributed by atoms with Crippen LogP contribution in [-0.2, 0) is 4.74 Å². The number of morpholine rings is 1. The fourth-order valence-corrected chi connectivity index (χ4v) is 0.881. The molecule has 0 aliphatic carbocycles. The average Bonchev–Trinajstić information content (AvgIpc) is 1.90. The van der Waals surface area contributed by atoms with E-state index in [1.807, 2.05) is 0 Å². The van der Waals surface area contributed by atoms with Crippen LogP contribution in [0.5, 0.6) is 0 Å². The lowest BCUT2D eigenvalue weighted by molar-refractivity contribution is 0.179. The smallest absolute Gasteiger partial charge is 0.117 e. The summed E-state index contributed by atoms with van der Waals surface area (Å²) >= 11 is 3.18. The molecule has 0 unspecified atom stereocenters. The zero-order chi connectivity index (χ0) is 5.82. The van der Waals surface area contributed by atoms with Crippen molar-refractivity contribution in [3.8, 4) is 0 Å². The van der Waals surface area contributed by atoms with Crippen LogP contribution in [0.3, 0.4) is 0 Å². The Balaban J connectivity index is 2.33. The first kappa shape index (κ1) is 6.11. The van der Waals surface area contributed by atoms with Crippen LogP contribution >= 0.6 is 15.9 Å². The summed E-state index contributed by atoms with van der Waals surface area (Å²) in [6, 6.07) is 0. The molecule has 1 saturated heterocycles. The van der Waals surface area contributed by atoms with Gasteiger partial charge in [-0.3, -0.25) is 0 Å². The molecule has 1 heterocycles. The maximum absolute atomic E-state index is 5.18. The lowest BCUT2D eigenvalue weighted by Gasteiger charge is -2.15. The number of hydrogen-bond donors (Lipinski definition) is 1. The predicted octanol–water partition coefficient (Wildman–Crippen LogP) is 0.842. The van der Waals surface area contributed by atoms with E-state index in [1.165, 1.54) is 0 Å².